The van der Waals surface area contributed by atoms with Crippen molar-refractivity contribution in [2.75, 3.05) is 32.8 Å². The monoisotopic (exact) mass is 733 g/mol. The zero-order valence-corrected chi connectivity index (χ0v) is 30.1. The topological polar surface area (TPSA) is 140 Å². The molecule has 0 saturated carbocycles. The highest BCUT2D eigenvalue weighted by atomic mass is 16.7. The van der Waals surface area contributed by atoms with Gasteiger partial charge in [0.2, 0.25) is 0 Å². The molecule has 2 aliphatic heterocycles. The Morgan fingerprint density at radius 3 is 2.04 bits per heavy atom. The molecule has 2 aliphatic rings. The molecule has 12 heteroatoms. The first-order valence-electron chi connectivity index (χ1n) is 17.9. The van der Waals surface area contributed by atoms with Crippen molar-refractivity contribution in [1.82, 2.24) is 9.55 Å². The molecule has 7 rings (SSSR count). The molecule has 4 aromatic carbocycles. The zero-order valence-electron chi connectivity index (χ0n) is 30.1. The molecule has 280 valence electrons. The van der Waals surface area contributed by atoms with Crippen molar-refractivity contribution < 1.29 is 38.3 Å². The number of hydrogen-bond acceptors (Lipinski definition) is 10. The van der Waals surface area contributed by atoms with E-state index in [1.54, 1.807) is 44.6 Å². The van der Waals surface area contributed by atoms with Crippen molar-refractivity contribution >= 4 is 11.7 Å². The Bertz CT molecular complexity index is 1990. The van der Waals surface area contributed by atoms with Crippen molar-refractivity contribution in [2.24, 2.45) is 0 Å². The molecule has 0 aliphatic carbocycles. The van der Waals surface area contributed by atoms with Gasteiger partial charge in [0.1, 0.15) is 41.2 Å². The Hall–Kier alpha value is -5.37. The minimum Gasteiger partial charge on any atom is -0.497 e. The van der Waals surface area contributed by atoms with Crippen LogP contribution in [0.4, 0.5) is 5.82 Å². The van der Waals surface area contributed by atoms with Gasteiger partial charge in [0, 0.05) is 18.4 Å². The lowest BCUT2D eigenvalue weighted by Gasteiger charge is -2.37. The van der Waals surface area contributed by atoms with Crippen LogP contribution in [0.1, 0.15) is 52.5 Å². The lowest BCUT2D eigenvalue weighted by Crippen LogP contribution is -2.42. The Morgan fingerprint density at radius 1 is 0.852 bits per heavy atom. The normalized spacial score (nSPS) is 21.4. The molecule has 1 amide bonds. The number of aromatic nitrogens is 2. The lowest BCUT2D eigenvalue weighted by molar-refractivity contribution is -0.215. The molecule has 0 radical (unpaired) electrons. The number of nitrogens with one attached hydrogen (secondary N) is 1. The molecule has 5 aromatic rings. The molecular weight excluding hydrogens is 690 g/mol. The summed E-state index contributed by atoms with van der Waals surface area (Å²) in [5.74, 6) is 1.03. The number of carbonyl (C=O) groups is 1. The van der Waals surface area contributed by atoms with E-state index in [9.17, 15) is 14.7 Å². The van der Waals surface area contributed by atoms with Crippen LogP contribution in [0.3, 0.4) is 0 Å². The second kappa shape index (κ2) is 16.8. The van der Waals surface area contributed by atoms with Gasteiger partial charge in [-0.25, -0.2) is 4.79 Å². The largest absolute Gasteiger partial charge is 0.497 e. The molecule has 1 aromatic heterocycles. The highest BCUT2D eigenvalue weighted by molar-refractivity contribution is 6.03. The Kier molecular flexibility index (Phi) is 11.5. The Balaban J connectivity index is 1.22. The van der Waals surface area contributed by atoms with Gasteiger partial charge < -0.3 is 38.8 Å². The van der Waals surface area contributed by atoms with Gasteiger partial charge in [0.05, 0.1) is 20.8 Å². The molecule has 2 saturated heterocycles. The molecule has 5 unspecified atom stereocenters. The summed E-state index contributed by atoms with van der Waals surface area (Å²) in [5, 5.41) is 14.6. The molecule has 5 atom stereocenters. The van der Waals surface area contributed by atoms with E-state index in [4.69, 9.17) is 28.4 Å². The van der Waals surface area contributed by atoms with Crippen LogP contribution >= 0.6 is 0 Å². The van der Waals surface area contributed by atoms with Gasteiger partial charge in [-0.3, -0.25) is 9.36 Å². The summed E-state index contributed by atoms with van der Waals surface area (Å²) < 4.78 is 38.0. The Morgan fingerprint density at radius 2 is 1.46 bits per heavy atom. The summed E-state index contributed by atoms with van der Waals surface area (Å²) >= 11 is 0. The van der Waals surface area contributed by atoms with Gasteiger partial charge in [0.15, 0.2) is 12.5 Å². The average molecular weight is 734 g/mol. The average Bonchev–Trinajstić information content (AvgIpc) is 3.53. The number of methoxy groups -OCH3 is 2. The highest BCUT2D eigenvalue weighted by Crippen LogP contribution is 2.43. The van der Waals surface area contributed by atoms with E-state index in [1.165, 1.54) is 16.8 Å². The zero-order chi connectivity index (χ0) is 37.5. The fraction of sp³-hybridized carbons (Fsp3) is 0.310. The number of carbonyl (C=O) groups excluding carboxylic acids is 1. The van der Waals surface area contributed by atoms with Gasteiger partial charge in [0.25, 0.3) is 5.91 Å². The lowest BCUT2D eigenvalue weighted by atomic mass is 9.80. The number of aliphatic hydroxyl groups excluding tert-OH is 1. The number of amides is 1. The smallest absolute Gasteiger partial charge is 0.351 e. The van der Waals surface area contributed by atoms with Crippen LogP contribution in [0.2, 0.25) is 0 Å². The van der Waals surface area contributed by atoms with E-state index in [0.29, 0.717) is 30.1 Å². The maximum Gasteiger partial charge on any atom is 0.351 e. The number of anilines is 1. The van der Waals surface area contributed by atoms with Gasteiger partial charge in [-0.15, -0.1) is 0 Å². The van der Waals surface area contributed by atoms with E-state index in [2.05, 4.69) is 10.3 Å². The standard InChI is InChI=1S/C42H43N3O9/c1-49-32-20-16-30(17-21-32)42(29-13-7-4-8-14-29,31-18-22-33(50-2)23-19-31)52-27-34-37(46)38(54-36-15-9-10-26-51-36)40(53-34)45-25-24-35(44-41(45)48)43-39(47)28-11-5-3-6-12-28/h3-8,11-14,16-25,34,36-38,40,46H,9-10,15,26-27H2,1-2H3,(H,43,44,47,48). The fourth-order valence-corrected chi connectivity index (χ4v) is 6.96. The first-order valence-corrected chi connectivity index (χ1v) is 17.9. The molecule has 54 heavy (non-hydrogen) atoms. The molecule has 2 fully saturated rings. The number of ether oxygens (including phenoxy) is 6. The van der Waals surface area contributed by atoms with Gasteiger partial charge in [-0.2, -0.15) is 4.98 Å². The van der Waals surface area contributed by atoms with Crippen molar-refractivity contribution in [1.29, 1.82) is 0 Å². The van der Waals surface area contributed by atoms with E-state index in [-0.39, 0.29) is 12.4 Å². The fourth-order valence-electron chi connectivity index (χ4n) is 6.96. The highest BCUT2D eigenvalue weighted by Gasteiger charge is 2.49. The van der Waals surface area contributed by atoms with E-state index in [1.807, 2.05) is 78.9 Å². The van der Waals surface area contributed by atoms with Gasteiger partial charge >= 0.3 is 5.69 Å². The van der Waals surface area contributed by atoms with Crippen molar-refractivity contribution in [3.8, 4) is 11.5 Å². The van der Waals surface area contributed by atoms with Gasteiger partial charge in [-0.1, -0.05) is 72.8 Å². The van der Waals surface area contributed by atoms with E-state index < -0.39 is 48.0 Å². The summed E-state index contributed by atoms with van der Waals surface area (Å²) in [6.45, 7) is 0.412. The molecule has 2 N–H and O–H groups in total. The maximum atomic E-state index is 13.6. The van der Waals surface area contributed by atoms with Crippen LogP contribution in [-0.4, -0.2) is 72.6 Å². The van der Waals surface area contributed by atoms with Gasteiger partial charge in [-0.05, 0) is 78.4 Å². The number of hydrogen-bond donors (Lipinski definition) is 2. The van der Waals surface area contributed by atoms with Crippen LogP contribution in [0.15, 0.2) is 126 Å². The third-order valence-corrected chi connectivity index (χ3v) is 9.78. The minimum atomic E-state index is -1.23. The van der Waals surface area contributed by atoms with Crippen LogP contribution in [-0.2, 0) is 24.5 Å². The number of nitrogens with zero attached hydrogens (tertiary/aromatic N) is 2. The number of aliphatic hydroxyl groups is 1. The van der Waals surface area contributed by atoms with Crippen LogP contribution in [0.25, 0.3) is 0 Å². The quantitative estimate of drug-likeness (QED) is 0.145. The third kappa shape index (κ3) is 7.79. The van der Waals surface area contributed by atoms with Crippen molar-refractivity contribution in [3.05, 3.63) is 154 Å². The van der Waals surface area contributed by atoms with Crippen LogP contribution < -0.4 is 20.5 Å². The van der Waals surface area contributed by atoms with Crippen LogP contribution in [0, 0.1) is 0 Å². The second-order valence-electron chi connectivity index (χ2n) is 13.1. The summed E-state index contributed by atoms with van der Waals surface area (Å²) in [5.41, 5.74) is 0.988. The number of benzene rings is 4. The Labute approximate surface area is 313 Å². The molecule has 3 heterocycles. The van der Waals surface area contributed by atoms with E-state index in [0.717, 1.165) is 29.5 Å². The molecule has 0 bridgehead atoms. The maximum absolute atomic E-state index is 13.6. The second-order valence-corrected chi connectivity index (χ2v) is 13.1. The molecule has 12 nitrogen and oxygen atoms in total. The predicted octanol–water partition coefficient (Wildman–Crippen LogP) is 5.69. The third-order valence-electron chi connectivity index (χ3n) is 9.78. The van der Waals surface area contributed by atoms with Crippen molar-refractivity contribution in [2.45, 2.75) is 55.7 Å². The first-order chi connectivity index (χ1) is 26.4. The summed E-state index contributed by atoms with van der Waals surface area (Å²) in [6.07, 6.45) is -0.992. The summed E-state index contributed by atoms with van der Waals surface area (Å²) in [7, 11) is 3.22. The molecule has 0 spiro atoms. The predicted molar refractivity (Wildman–Crippen MR) is 200 cm³/mol. The minimum absolute atomic E-state index is 0.0724. The summed E-state index contributed by atoms with van der Waals surface area (Å²) in [4.78, 5) is 30.5. The molecular formula is C42H43N3O9. The summed E-state index contributed by atoms with van der Waals surface area (Å²) in [6, 6.07) is 35.2. The first kappa shape index (κ1) is 37.0. The van der Waals surface area contributed by atoms with Crippen molar-refractivity contribution in [3.63, 3.8) is 0 Å². The van der Waals surface area contributed by atoms with E-state index >= 15 is 0 Å². The van der Waals surface area contributed by atoms with Crippen LogP contribution in [0.5, 0.6) is 11.5 Å². The number of rotatable bonds is 13. The SMILES string of the molecule is COc1ccc(C(OCC2OC(n3ccc(NC(=O)c4ccccc4)nc3=O)C(OC3CCCCO3)C2O)(c2ccccc2)c2ccc(OC)cc2)cc1.